The van der Waals surface area contributed by atoms with Gasteiger partial charge in [0.25, 0.3) is 0 Å². The number of nitrogens with zero attached hydrogens (tertiary/aromatic N) is 1. The van der Waals surface area contributed by atoms with Gasteiger partial charge in [0.15, 0.2) is 6.71 Å². The average molecular weight is 374 g/mol. The van der Waals surface area contributed by atoms with Gasteiger partial charge in [-0.25, -0.2) is 0 Å². The first kappa shape index (κ1) is 24.3. The minimum atomic E-state index is 0.111. The second-order valence-electron chi connectivity index (χ2n) is 9.97. The van der Waals surface area contributed by atoms with Crippen LogP contribution in [0, 0.1) is 5.92 Å². The largest absolute Gasteiger partial charge is 0.391 e. The maximum absolute atomic E-state index is 5.12. The summed E-state index contributed by atoms with van der Waals surface area (Å²) in [6.45, 7) is 17.8. The molecule has 1 saturated carbocycles. The Kier molecular flexibility index (Phi) is 11.4. The van der Waals surface area contributed by atoms with Gasteiger partial charge in [-0.2, -0.15) is 0 Å². The molecule has 0 unspecified atom stereocenters. The van der Waals surface area contributed by atoms with Gasteiger partial charge < -0.3 is 5.32 Å². The van der Waals surface area contributed by atoms with Gasteiger partial charge in [-0.3, -0.25) is 4.99 Å². The Labute approximate surface area is 171 Å². The zero-order chi connectivity index (χ0) is 20.3. The summed E-state index contributed by atoms with van der Waals surface area (Å²) in [4.78, 5) is 5.12. The molecule has 1 rings (SSSR count). The Morgan fingerprint density at radius 2 is 1.63 bits per heavy atom. The highest BCUT2D eigenvalue weighted by Gasteiger charge is 2.28. The molecular weight excluding hydrogens is 327 g/mol. The predicted octanol–water partition coefficient (Wildman–Crippen LogP) is 7.32. The Bertz CT molecular complexity index is 463. The Hall–Kier alpha value is -0.725. The van der Waals surface area contributed by atoms with Gasteiger partial charge in [0.1, 0.15) is 0 Å². The van der Waals surface area contributed by atoms with E-state index in [9.17, 15) is 0 Å². The summed E-state index contributed by atoms with van der Waals surface area (Å²) in [5, 5.41) is 3.97. The lowest BCUT2D eigenvalue weighted by Crippen LogP contribution is -2.42. The van der Waals surface area contributed by atoms with Crippen molar-refractivity contribution in [1.82, 2.24) is 5.32 Å². The summed E-state index contributed by atoms with van der Waals surface area (Å²) >= 11 is 0. The first-order chi connectivity index (χ1) is 12.8. The van der Waals surface area contributed by atoms with Crippen molar-refractivity contribution in [3.05, 3.63) is 11.2 Å². The average Bonchev–Trinajstić information content (AvgIpc) is 2.60. The molecule has 3 heteroatoms. The van der Waals surface area contributed by atoms with E-state index in [0.29, 0.717) is 6.71 Å². The van der Waals surface area contributed by atoms with Gasteiger partial charge >= 0.3 is 0 Å². The molecule has 1 fully saturated rings. The number of rotatable bonds is 11. The minimum Gasteiger partial charge on any atom is -0.391 e. The van der Waals surface area contributed by atoms with Crippen molar-refractivity contribution in [2.45, 2.75) is 124 Å². The van der Waals surface area contributed by atoms with Crippen molar-refractivity contribution in [3.63, 3.8) is 0 Å². The molecule has 27 heavy (non-hydrogen) atoms. The van der Waals surface area contributed by atoms with Crippen molar-refractivity contribution in [1.29, 1.82) is 0 Å². The van der Waals surface area contributed by atoms with Crippen LogP contribution in [0.1, 0.15) is 106 Å². The first-order valence-corrected chi connectivity index (χ1v) is 11.8. The number of nitrogens with one attached hydrogen (secondary N) is 1. The van der Waals surface area contributed by atoms with E-state index in [1.807, 2.05) is 0 Å². The third-order valence-electron chi connectivity index (χ3n) is 5.50. The number of hydrogen-bond donors (Lipinski definition) is 1. The van der Waals surface area contributed by atoms with Crippen molar-refractivity contribution < 1.29 is 0 Å². The number of unbranched alkanes of at least 4 members (excludes halogenated alkanes) is 2. The molecular formula is C24H47BN2. The van der Waals surface area contributed by atoms with E-state index in [4.69, 9.17) is 4.99 Å². The molecule has 0 radical (unpaired) electrons. The molecule has 0 aromatic rings. The van der Waals surface area contributed by atoms with Crippen molar-refractivity contribution >= 4 is 12.4 Å². The standard InChI is InChI=1S/C24H47BN2/c1-8-10-17-25(18-11-9-2)23(27-24(5,6)7)21-14-12-13-15-22(21)26-19-16-20(3)4/h20,27H,8-19H2,1-7H3/b23-21+,26-22?. The number of hydrogen-bond acceptors (Lipinski definition) is 2. The van der Waals surface area contributed by atoms with Gasteiger partial charge in [0, 0.05) is 17.8 Å². The van der Waals surface area contributed by atoms with Crippen LogP contribution in [-0.4, -0.2) is 24.5 Å². The molecule has 1 aliphatic carbocycles. The van der Waals surface area contributed by atoms with Gasteiger partial charge in [-0.05, 0) is 70.0 Å². The van der Waals surface area contributed by atoms with E-state index in [2.05, 4.69) is 53.8 Å². The van der Waals surface area contributed by atoms with E-state index >= 15 is 0 Å². The lowest BCUT2D eigenvalue weighted by atomic mass is 9.40. The molecule has 0 aromatic heterocycles. The third-order valence-corrected chi connectivity index (χ3v) is 5.50. The third kappa shape index (κ3) is 9.85. The normalized spacial score (nSPS) is 18.9. The van der Waals surface area contributed by atoms with Crippen LogP contribution in [0.15, 0.2) is 16.2 Å². The van der Waals surface area contributed by atoms with Gasteiger partial charge in [-0.15, -0.1) is 0 Å². The fourth-order valence-corrected chi connectivity index (χ4v) is 3.97. The van der Waals surface area contributed by atoms with Crippen LogP contribution in [0.2, 0.25) is 12.6 Å². The fourth-order valence-electron chi connectivity index (χ4n) is 3.97. The lowest BCUT2D eigenvalue weighted by Gasteiger charge is -2.33. The SMILES string of the molecule is CCCCB(CCCC)/C(NC(C)(C)C)=C1/CCCCC1=NCCC(C)C. The summed E-state index contributed by atoms with van der Waals surface area (Å²) in [6, 6.07) is 0. The quantitative estimate of drug-likeness (QED) is 0.376. The molecule has 0 aliphatic heterocycles. The summed E-state index contributed by atoms with van der Waals surface area (Å²) in [6.07, 6.45) is 14.1. The predicted molar refractivity (Wildman–Crippen MR) is 125 cm³/mol. The Balaban J connectivity index is 3.23. The molecule has 1 N–H and O–H groups in total. The van der Waals surface area contributed by atoms with Crippen molar-refractivity contribution in [2.75, 3.05) is 6.54 Å². The molecule has 0 atom stereocenters. The molecule has 2 nitrogen and oxygen atoms in total. The molecule has 0 saturated heterocycles. The van der Waals surface area contributed by atoms with E-state index in [-0.39, 0.29) is 5.54 Å². The van der Waals surface area contributed by atoms with Crippen LogP contribution in [-0.2, 0) is 0 Å². The highest BCUT2D eigenvalue weighted by molar-refractivity contribution is 6.67. The smallest absolute Gasteiger partial charge is 0.197 e. The molecule has 1 aliphatic rings. The Morgan fingerprint density at radius 3 is 2.15 bits per heavy atom. The summed E-state index contributed by atoms with van der Waals surface area (Å²) < 4.78 is 0. The Morgan fingerprint density at radius 1 is 1.04 bits per heavy atom. The number of allylic oxidation sites excluding steroid dienone is 1. The molecule has 0 amide bonds. The van der Waals surface area contributed by atoms with Crippen LogP contribution in [0.25, 0.3) is 0 Å². The molecule has 0 spiro atoms. The van der Waals surface area contributed by atoms with E-state index in [0.717, 1.165) is 12.5 Å². The molecule has 0 heterocycles. The van der Waals surface area contributed by atoms with Crippen LogP contribution in [0.5, 0.6) is 0 Å². The summed E-state index contributed by atoms with van der Waals surface area (Å²) in [7, 11) is 0. The van der Waals surface area contributed by atoms with E-state index in [1.165, 1.54) is 76.1 Å². The van der Waals surface area contributed by atoms with Crippen LogP contribution < -0.4 is 5.32 Å². The van der Waals surface area contributed by atoms with Crippen LogP contribution in [0.4, 0.5) is 0 Å². The molecule has 156 valence electrons. The van der Waals surface area contributed by atoms with E-state index in [1.54, 1.807) is 11.2 Å². The molecule has 0 aromatic carbocycles. The van der Waals surface area contributed by atoms with Crippen molar-refractivity contribution in [3.8, 4) is 0 Å². The van der Waals surface area contributed by atoms with Crippen LogP contribution in [0.3, 0.4) is 0 Å². The minimum absolute atomic E-state index is 0.111. The fraction of sp³-hybridized carbons (Fsp3) is 0.875. The monoisotopic (exact) mass is 374 g/mol. The number of aliphatic imine (C=N–C) groups is 1. The highest BCUT2D eigenvalue weighted by atomic mass is 15.0. The zero-order valence-electron chi connectivity index (χ0n) is 19.6. The topological polar surface area (TPSA) is 24.4 Å². The van der Waals surface area contributed by atoms with Gasteiger partial charge in [0.05, 0.1) is 0 Å². The summed E-state index contributed by atoms with van der Waals surface area (Å²) in [5.74, 6) is 0.736. The lowest BCUT2D eigenvalue weighted by molar-refractivity contribution is 0.480. The maximum Gasteiger partial charge on any atom is 0.197 e. The second-order valence-corrected chi connectivity index (χ2v) is 9.97. The first-order valence-electron chi connectivity index (χ1n) is 11.8. The van der Waals surface area contributed by atoms with Gasteiger partial charge in [0.2, 0.25) is 0 Å². The summed E-state index contributed by atoms with van der Waals surface area (Å²) in [5.41, 5.74) is 4.66. The van der Waals surface area contributed by atoms with Crippen molar-refractivity contribution in [2.24, 2.45) is 10.9 Å². The van der Waals surface area contributed by atoms with Crippen LogP contribution >= 0.6 is 0 Å². The van der Waals surface area contributed by atoms with Gasteiger partial charge in [-0.1, -0.05) is 66.0 Å². The molecule has 0 bridgehead atoms. The second kappa shape index (κ2) is 12.7. The zero-order valence-corrected chi connectivity index (χ0v) is 19.6. The maximum atomic E-state index is 5.12. The highest BCUT2D eigenvalue weighted by Crippen LogP contribution is 2.29. The van der Waals surface area contributed by atoms with E-state index < -0.39 is 0 Å².